The molecule has 0 fully saturated rings. The first-order valence-corrected chi connectivity index (χ1v) is 9.55. The first-order valence-electron chi connectivity index (χ1n) is 9.55. The third-order valence-electron chi connectivity index (χ3n) is 5.18. The van der Waals surface area contributed by atoms with Gasteiger partial charge in [0, 0.05) is 0 Å². The average Bonchev–Trinajstić information content (AvgIpc) is 2.51. The molecule has 2 aromatic rings. The molecule has 3 N–H and O–H groups in total. The van der Waals surface area contributed by atoms with Crippen molar-refractivity contribution in [2.24, 2.45) is 0 Å². The number of carboxylic acids is 1. The lowest BCUT2D eigenvalue weighted by molar-refractivity contribution is -0.137. The molecule has 4 nitrogen and oxygen atoms in total. The molecule has 0 aliphatic heterocycles. The quantitative estimate of drug-likeness (QED) is 0.650. The summed E-state index contributed by atoms with van der Waals surface area (Å²) in [6.07, 6.45) is 0. The maximum atomic E-state index is 12.3. The standard InChI is InChI=1S/C24H32O4/c1-13-9-15(11-17(20(13)25)23(3,4)5)19(22(27)28)16-10-14(2)21(26)18(12-16)24(6,7)8/h9-12,19,25-26H,1-8H3,(H,27,28). The van der Waals surface area contributed by atoms with Gasteiger partial charge in [-0.25, -0.2) is 0 Å². The molecule has 0 atom stereocenters. The molecular formula is C24H32O4. The number of benzene rings is 2. The van der Waals surface area contributed by atoms with Crippen molar-refractivity contribution < 1.29 is 20.1 Å². The van der Waals surface area contributed by atoms with Crippen LogP contribution in [-0.2, 0) is 15.6 Å². The van der Waals surface area contributed by atoms with Gasteiger partial charge in [0.15, 0.2) is 0 Å². The average molecular weight is 385 g/mol. The van der Waals surface area contributed by atoms with E-state index >= 15 is 0 Å². The van der Waals surface area contributed by atoms with Crippen LogP contribution in [-0.4, -0.2) is 21.3 Å². The Morgan fingerprint density at radius 3 is 1.32 bits per heavy atom. The maximum absolute atomic E-state index is 12.3. The predicted molar refractivity (Wildman–Crippen MR) is 113 cm³/mol. The minimum Gasteiger partial charge on any atom is -0.507 e. The van der Waals surface area contributed by atoms with Gasteiger partial charge in [-0.2, -0.15) is 0 Å². The Morgan fingerprint density at radius 1 is 0.750 bits per heavy atom. The third-order valence-corrected chi connectivity index (χ3v) is 5.18. The third kappa shape index (κ3) is 4.16. The minimum atomic E-state index is -0.963. The highest BCUT2D eigenvalue weighted by atomic mass is 16.4. The monoisotopic (exact) mass is 384 g/mol. The van der Waals surface area contributed by atoms with Gasteiger partial charge in [-0.1, -0.05) is 65.8 Å². The fourth-order valence-electron chi connectivity index (χ4n) is 3.57. The van der Waals surface area contributed by atoms with Crippen LogP contribution in [0.5, 0.6) is 11.5 Å². The first-order chi connectivity index (χ1) is 12.6. The molecule has 0 bridgehead atoms. The van der Waals surface area contributed by atoms with Gasteiger partial charge in [0.25, 0.3) is 0 Å². The van der Waals surface area contributed by atoms with Crippen molar-refractivity contribution in [1.82, 2.24) is 0 Å². The van der Waals surface area contributed by atoms with Crippen LogP contribution in [0.4, 0.5) is 0 Å². The van der Waals surface area contributed by atoms with E-state index < -0.39 is 11.9 Å². The van der Waals surface area contributed by atoms with E-state index in [0.29, 0.717) is 22.3 Å². The van der Waals surface area contributed by atoms with Crippen molar-refractivity contribution in [3.05, 3.63) is 57.6 Å². The summed E-state index contributed by atoms with van der Waals surface area (Å²) in [6, 6.07) is 7.06. The summed E-state index contributed by atoms with van der Waals surface area (Å²) in [5, 5.41) is 31.1. The molecular weight excluding hydrogens is 352 g/mol. The van der Waals surface area contributed by atoms with E-state index in [9.17, 15) is 20.1 Å². The molecule has 28 heavy (non-hydrogen) atoms. The Labute approximate surface area is 167 Å². The lowest BCUT2D eigenvalue weighted by Gasteiger charge is -2.26. The number of hydrogen-bond acceptors (Lipinski definition) is 3. The van der Waals surface area contributed by atoms with Gasteiger partial charge in [-0.05, 0) is 58.1 Å². The fraction of sp³-hybridized carbons (Fsp3) is 0.458. The van der Waals surface area contributed by atoms with E-state index in [1.807, 2.05) is 41.5 Å². The number of carbonyl (C=O) groups is 1. The Bertz CT molecular complexity index is 842. The van der Waals surface area contributed by atoms with Crippen LogP contribution in [0.3, 0.4) is 0 Å². The summed E-state index contributed by atoms with van der Waals surface area (Å²) in [6.45, 7) is 15.5. The molecule has 2 rings (SSSR count). The van der Waals surface area contributed by atoms with E-state index in [1.165, 1.54) is 0 Å². The summed E-state index contributed by atoms with van der Waals surface area (Å²) in [5.74, 6) is -1.44. The highest BCUT2D eigenvalue weighted by Gasteiger charge is 2.29. The number of aromatic hydroxyl groups is 2. The summed E-state index contributed by atoms with van der Waals surface area (Å²) < 4.78 is 0. The van der Waals surface area contributed by atoms with Crippen LogP contribution < -0.4 is 0 Å². The Kier molecular flexibility index (Phi) is 5.57. The number of rotatable bonds is 3. The SMILES string of the molecule is Cc1cc(C(C(=O)O)c2cc(C)c(O)c(C(C)(C)C)c2)cc(C(C)(C)C)c1O. The van der Waals surface area contributed by atoms with E-state index in [2.05, 4.69) is 0 Å². The van der Waals surface area contributed by atoms with Crippen LogP contribution in [0.2, 0.25) is 0 Å². The van der Waals surface area contributed by atoms with Crippen molar-refractivity contribution in [3.63, 3.8) is 0 Å². The molecule has 0 saturated carbocycles. The minimum absolute atomic E-state index is 0.206. The zero-order chi connectivity index (χ0) is 21.6. The molecule has 0 unspecified atom stereocenters. The molecule has 0 saturated heterocycles. The van der Waals surface area contributed by atoms with Crippen molar-refractivity contribution in [1.29, 1.82) is 0 Å². The zero-order valence-electron chi connectivity index (χ0n) is 18.1. The van der Waals surface area contributed by atoms with Crippen LogP contribution in [0.1, 0.15) is 80.8 Å². The highest BCUT2D eigenvalue weighted by molar-refractivity contribution is 5.81. The number of aliphatic carboxylic acids is 1. The Balaban J connectivity index is 2.78. The number of phenols is 2. The topological polar surface area (TPSA) is 77.8 Å². The molecule has 0 aliphatic rings. The van der Waals surface area contributed by atoms with Crippen LogP contribution in [0.25, 0.3) is 0 Å². The molecule has 0 amide bonds. The second-order valence-electron chi connectivity index (χ2n) is 9.74. The van der Waals surface area contributed by atoms with E-state index in [1.54, 1.807) is 38.1 Å². The van der Waals surface area contributed by atoms with Crippen molar-refractivity contribution in [3.8, 4) is 11.5 Å². The molecule has 0 heterocycles. The van der Waals surface area contributed by atoms with Crippen molar-refractivity contribution in [2.75, 3.05) is 0 Å². The highest BCUT2D eigenvalue weighted by Crippen LogP contribution is 2.40. The summed E-state index contributed by atoms with van der Waals surface area (Å²) >= 11 is 0. The summed E-state index contributed by atoms with van der Waals surface area (Å²) in [4.78, 5) is 12.3. The summed E-state index contributed by atoms with van der Waals surface area (Å²) in [7, 11) is 0. The largest absolute Gasteiger partial charge is 0.507 e. The smallest absolute Gasteiger partial charge is 0.315 e. The maximum Gasteiger partial charge on any atom is 0.315 e. The van der Waals surface area contributed by atoms with Crippen LogP contribution in [0.15, 0.2) is 24.3 Å². The molecule has 0 radical (unpaired) electrons. The van der Waals surface area contributed by atoms with Gasteiger partial charge in [-0.3, -0.25) is 4.79 Å². The molecule has 0 aromatic heterocycles. The van der Waals surface area contributed by atoms with Crippen LogP contribution in [0, 0.1) is 13.8 Å². The molecule has 0 aliphatic carbocycles. The van der Waals surface area contributed by atoms with Gasteiger partial charge in [0.1, 0.15) is 17.4 Å². The number of aryl methyl sites for hydroxylation is 2. The summed E-state index contributed by atoms with van der Waals surface area (Å²) in [5.41, 5.74) is 3.35. The molecule has 0 spiro atoms. The van der Waals surface area contributed by atoms with Crippen LogP contribution >= 0.6 is 0 Å². The van der Waals surface area contributed by atoms with Crippen molar-refractivity contribution >= 4 is 5.97 Å². The normalized spacial score (nSPS) is 12.5. The fourth-order valence-corrected chi connectivity index (χ4v) is 3.57. The molecule has 2 aromatic carbocycles. The lowest BCUT2D eigenvalue weighted by atomic mass is 9.79. The number of phenolic OH excluding ortho intramolecular Hbond substituents is 2. The van der Waals surface area contributed by atoms with Gasteiger partial charge < -0.3 is 15.3 Å². The molecule has 4 heteroatoms. The lowest BCUT2D eigenvalue weighted by Crippen LogP contribution is -2.19. The number of hydrogen-bond donors (Lipinski definition) is 3. The first kappa shape index (κ1) is 21.8. The number of carboxylic acid groups (broad SMARTS) is 1. The second-order valence-corrected chi connectivity index (χ2v) is 9.74. The van der Waals surface area contributed by atoms with Crippen molar-refractivity contribution in [2.45, 2.75) is 72.1 Å². The zero-order valence-corrected chi connectivity index (χ0v) is 18.1. The van der Waals surface area contributed by atoms with Gasteiger partial charge >= 0.3 is 5.97 Å². The Morgan fingerprint density at radius 2 is 1.07 bits per heavy atom. The van der Waals surface area contributed by atoms with Gasteiger partial charge in [-0.15, -0.1) is 0 Å². The van der Waals surface area contributed by atoms with Gasteiger partial charge in [0.05, 0.1) is 0 Å². The Hall–Kier alpha value is -2.49. The van der Waals surface area contributed by atoms with E-state index in [0.717, 1.165) is 11.1 Å². The van der Waals surface area contributed by atoms with Gasteiger partial charge in [0.2, 0.25) is 0 Å². The second kappa shape index (κ2) is 7.16. The van der Waals surface area contributed by atoms with E-state index in [4.69, 9.17) is 0 Å². The van der Waals surface area contributed by atoms with E-state index in [-0.39, 0.29) is 22.3 Å². The molecule has 152 valence electrons. The predicted octanol–water partition coefficient (Wildman–Crippen LogP) is 5.53.